The van der Waals surface area contributed by atoms with E-state index in [-0.39, 0.29) is 0 Å². The van der Waals surface area contributed by atoms with Gasteiger partial charge >= 0.3 is 0 Å². The number of hydrogen-bond donors (Lipinski definition) is 2. The minimum absolute atomic E-state index is 0.497. The van der Waals surface area contributed by atoms with E-state index in [1.807, 2.05) is 18.4 Å². The molecular weight excluding hydrogens is 336 g/mol. The number of likely N-dealkylation sites (tertiary alicyclic amines) is 1. The maximum atomic E-state index is 5.47. The van der Waals surface area contributed by atoms with Gasteiger partial charge in [-0.05, 0) is 43.8 Å². The molecule has 2 heterocycles. The Labute approximate surface area is 155 Å². The lowest BCUT2D eigenvalue weighted by Gasteiger charge is -2.39. The predicted molar refractivity (Wildman–Crippen MR) is 104 cm³/mol. The summed E-state index contributed by atoms with van der Waals surface area (Å²) >= 11 is 1.86. The Bertz CT molecular complexity index is 495. The van der Waals surface area contributed by atoms with E-state index in [9.17, 15) is 0 Å². The van der Waals surface area contributed by atoms with Gasteiger partial charge in [0.2, 0.25) is 0 Å². The number of methoxy groups -OCH3 is 1. The van der Waals surface area contributed by atoms with Gasteiger partial charge in [0.05, 0.1) is 19.8 Å². The zero-order valence-electron chi connectivity index (χ0n) is 15.7. The number of nitrogens with one attached hydrogen (secondary N) is 2. The van der Waals surface area contributed by atoms with Crippen LogP contribution in [0.15, 0.2) is 22.5 Å². The van der Waals surface area contributed by atoms with E-state index in [0.717, 1.165) is 19.0 Å². The summed E-state index contributed by atoms with van der Waals surface area (Å²) in [4.78, 5) is 8.27. The maximum Gasteiger partial charge on any atom is 0.191 e. The molecule has 0 bridgehead atoms. The lowest BCUT2D eigenvalue weighted by Crippen LogP contribution is -2.45. The fourth-order valence-electron chi connectivity index (χ4n) is 3.32. The number of guanidine groups is 1. The standard InChI is InChI=1S/C18H32N4O2S/c1-19-18(20-8-10-24-12-11-23-3)21-14-15-6-4-9-22(2)17(15)16-7-5-13-25-16/h5,7,13,15,17H,4,6,8-12,14H2,1-3H3,(H2,19,20,21). The molecule has 1 fully saturated rings. The molecule has 0 spiro atoms. The van der Waals surface area contributed by atoms with Crippen molar-refractivity contribution in [1.29, 1.82) is 0 Å². The lowest BCUT2D eigenvalue weighted by atomic mass is 9.88. The molecule has 0 amide bonds. The maximum absolute atomic E-state index is 5.47. The second kappa shape index (κ2) is 11.5. The Kier molecular flexibility index (Phi) is 9.25. The van der Waals surface area contributed by atoms with E-state index < -0.39 is 0 Å². The molecule has 1 aliphatic rings. The minimum atomic E-state index is 0.497. The Hall–Kier alpha value is -1.15. The molecule has 0 saturated carbocycles. The molecule has 2 unspecified atom stereocenters. The monoisotopic (exact) mass is 368 g/mol. The number of ether oxygens (including phenoxy) is 2. The first-order valence-electron chi connectivity index (χ1n) is 9.01. The highest BCUT2D eigenvalue weighted by Gasteiger charge is 2.31. The van der Waals surface area contributed by atoms with Crippen LogP contribution in [0.5, 0.6) is 0 Å². The van der Waals surface area contributed by atoms with Gasteiger partial charge in [0.25, 0.3) is 0 Å². The van der Waals surface area contributed by atoms with Gasteiger partial charge in [0.1, 0.15) is 0 Å². The summed E-state index contributed by atoms with van der Waals surface area (Å²) in [5.41, 5.74) is 0. The normalized spacial score (nSPS) is 22.1. The molecule has 1 aromatic rings. The molecule has 2 atom stereocenters. The first kappa shape index (κ1) is 20.2. The van der Waals surface area contributed by atoms with E-state index in [2.05, 4.69) is 45.1 Å². The second-order valence-electron chi connectivity index (χ2n) is 6.33. The molecule has 1 aromatic heterocycles. The van der Waals surface area contributed by atoms with Crippen molar-refractivity contribution >= 4 is 17.3 Å². The van der Waals surface area contributed by atoms with Crippen molar-refractivity contribution in [3.63, 3.8) is 0 Å². The summed E-state index contributed by atoms with van der Waals surface area (Å²) in [6.07, 6.45) is 2.50. The summed E-state index contributed by atoms with van der Waals surface area (Å²) < 4.78 is 10.4. The molecule has 6 nitrogen and oxygen atoms in total. The fourth-order valence-corrected chi connectivity index (χ4v) is 4.30. The summed E-state index contributed by atoms with van der Waals surface area (Å²) in [6.45, 7) is 4.74. The molecule has 0 aromatic carbocycles. The molecule has 0 aliphatic carbocycles. The lowest BCUT2D eigenvalue weighted by molar-refractivity contribution is 0.0733. The summed E-state index contributed by atoms with van der Waals surface area (Å²) in [6, 6.07) is 4.91. The number of hydrogen-bond acceptors (Lipinski definition) is 5. The van der Waals surface area contributed by atoms with Gasteiger partial charge in [0, 0.05) is 38.2 Å². The van der Waals surface area contributed by atoms with Crippen LogP contribution < -0.4 is 10.6 Å². The first-order valence-corrected chi connectivity index (χ1v) is 9.89. The number of thiophene rings is 1. The molecule has 25 heavy (non-hydrogen) atoms. The third-order valence-electron chi connectivity index (χ3n) is 4.57. The van der Waals surface area contributed by atoms with Gasteiger partial charge in [-0.25, -0.2) is 0 Å². The highest BCUT2D eigenvalue weighted by molar-refractivity contribution is 7.10. The smallest absolute Gasteiger partial charge is 0.191 e. The Morgan fingerprint density at radius 1 is 1.36 bits per heavy atom. The van der Waals surface area contributed by atoms with Crippen LogP contribution in [-0.4, -0.2) is 71.5 Å². The molecule has 0 radical (unpaired) electrons. The van der Waals surface area contributed by atoms with Crippen LogP contribution in [0.4, 0.5) is 0 Å². The Balaban J connectivity index is 1.77. The van der Waals surface area contributed by atoms with Crippen LogP contribution in [0, 0.1) is 5.92 Å². The van der Waals surface area contributed by atoms with E-state index in [0.29, 0.717) is 31.8 Å². The van der Waals surface area contributed by atoms with Crippen molar-refractivity contribution in [1.82, 2.24) is 15.5 Å². The zero-order valence-corrected chi connectivity index (χ0v) is 16.5. The van der Waals surface area contributed by atoms with Gasteiger partial charge in [-0.15, -0.1) is 11.3 Å². The van der Waals surface area contributed by atoms with Gasteiger partial charge < -0.3 is 20.1 Å². The quantitative estimate of drug-likeness (QED) is 0.396. The molecule has 142 valence electrons. The molecule has 2 rings (SSSR count). The van der Waals surface area contributed by atoms with E-state index in [1.54, 1.807) is 7.11 Å². The summed E-state index contributed by atoms with van der Waals surface area (Å²) in [5, 5.41) is 8.97. The largest absolute Gasteiger partial charge is 0.382 e. The van der Waals surface area contributed by atoms with Crippen molar-refractivity contribution in [2.45, 2.75) is 18.9 Å². The fraction of sp³-hybridized carbons (Fsp3) is 0.722. The average Bonchev–Trinajstić information content (AvgIpc) is 3.14. The first-order chi connectivity index (χ1) is 12.3. The van der Waals surface area contributed by atoms with Crippen LogP contribution in [0.25, 0.3) is 0 Å². The minimum Gasteiger partial charge on any atom is -0.382 e. The van der Waals surface area contributed by atoms with Crippen molar-refractivity contribution in [3.05, 3.63) is 22.4 Å². The topological polar surface area (TPSA) is 58.1 Å². The molecule has 2 N–H and O–H groups in total. The van der Waals surface area contributed by atoms with Crippen LogP contribution in [0.2, 0.25) is 0 Å². The third-order valence-corrected chi connectivity index (χ3v) is 5.51. The average molecular weight is 369 g/mol. The van der Waals surface area contributed by atoms with Crippen molar-refractivity contribution in [2.75, 3.05) is 60.7 Å². The zero-order chi connectivity index (χ0) is 17.9. The molecular formula is C18H32N4O2S. The SMILES string of the molecule is CN=C(NCCOCCOC)NCC1CCCN(C)C1c1cccs1. The van der Waals surface area contributed by atoms with Crippen LogP contribution in [0.3, 0.4) is 0 Å². The van der Waals surface area contributed by atoms with Crippen molar-refractivity contribution < 1.29 is 9.47 Å². The number of aliphatic imine (C=N–C) groups is 1. The van der Waals surface area contributed by atoms with E-state index >= 15 is 0 Å². The third kappa shape index (κ3) is 6.58. The highest BCUT2D eigenvalue weighted by Crippen LogP contribution is 2.36. The van der Waals surface area contributed by atoms with E-state index in [4.69, 9.17) is 9.47 Å². The van der Waals surface area contributed by atoms with Crippen LogP contribution in [0.1, 0.15) is 23.8 Å². The van der Waals surface area contributed by atoms with Gasteiger partial charge in [-0.3, -0.25) is 9.89 Å². The number of nitrogens with zero attached hydrogens (tertiary/aromatic N) is 2. The Morgan fingerprint density at radius 2 is 2.24 bits per heavy atom. The summed E-state index contributed by atoms with van der Waals surface area (Å²) in [7, 11) is 5.73. The second-order valence-corrected chi connectivity index (χ2v) is 7.31. The van der Waals surface area contributed by atoms with Gasteiger partial charge in [-0.1, -0.05) is 6.07 Å². The van der Waals surface area contributed by atoms with Gasteiger partial charge in [-0.2, -0.15) is 0 Å². The predicted octanol–water partition coefficient (Wildman–Crippen LogP) is 1.96. The van der Waals surface area contributed by atoms with Crippen molar-refractivity contribution in [2.24, 2.45) is 10.9 Å². The van der Waals surface area contributed by atoms with E-state index in [1.165, 1.54) is 24.3 Å². The molecule has 7 heteroatoms. The summed E-state index contributed by atoms with van der Waals surface area (Å²) in [5.74, 6) is 1.43. The number of rotatable bonds is 9. The highest BCUT2D eigenvalue weighted by atomic mass is 32.1. The van der Waals surface area contributed by atoms with Crippen LogP contribution >= 0.6 is 11.3 Å². The van der Waals surface area contributed by atoms with Crippen molar-refractivity contribution in [3.8, 4) is 0 Å². The Morgan fingerprint density at radius 3 is 2.96 bits per heavy atom. The van der Waals surface area contributed by atoms with Crippen LogP contribution in [-0.2, 0) is 9.47 Å². The molecule has 1 aliphatic heterocycles. The molecule has 1 saturated heterocycles. The number of piperidine rings is 1. The van der Waals surface area contributed by atoms with Gasteiger partial charge in [0.15, 0.2) is 5.96 Å².